The summed E-state index contributed by atoms with van der Waals surface area (Å²) in [7, 11) is 0. The van der Waals surface area contributed by atoms with E-state index in [0.717, 1.165) is 0 Å². The van der Waals surface area contributed by atoms with Gasteiger partial charge >= 0.3 is 0 Å². The van der Waals surface area contributed by atoms with Crippen molar-refractivity contribution in [1.29, 1.82) is 0 Å². The third kappa shape index (κ3) is 3.83. The molecule has 3 heterocycles. The third-order valence-corrected chi connectivity index (χ3v) is 6.08. The number of Topliss-reactive ketones (excluding diaryl/α,β-unsaturated/α-hetero) is 1. The van der Waals surface area contributed by atoms with Crippen LogP contribution in [-0.2, 0) is 16.1 Å². The Labute approximate surface area is 198 Å². The molecule has 1 saturated heterocycles. The molecule has 168 valence electrons. The van der Waals surface area contributed by atoms with Gasteiger partial charge in [0, 0.05) is 15.6 Å². The topological polar surface area (TPSA) is 89.2 Å². The first-order chi connectivity index (χ1) is 15.9. The van der Waals surface area contributed by atoms with Gasteiger partial charge in [-0.3, -0.25) is 9.59 Å². The summed E-state index contributed by atoms with van der Waals surface area (Å²) in [4.78, 5) is 27.5. The molecular weight excluding hydrogens is 469 g/mol. The number of ketones is 1. The number of ether oxygens (including phenoxy) is 2. The Morgan fingerprint density at radius 2 is 1.82 bits per heavy atom. The summed E-state index contributed by atoms with van der Waals surface area (Å²) in [5.74, 6) is -0.495. The van der Waals surface area contributed by atoms with Crippen molar-refractivity contribution in [1.82, 2.24) is 4.90 Å². The highest BCUT2D eigenvalue weighted by atomic mass is 35.5. The van der Waals surface area contributed by atoms with Crippen LogP contribution in [-0.4, -0.2) is 34.9 Å². The fourth-order valence-corrected chi connectivity index (χ4v) is 4.52. The van der Waals surface area contributed by atoms with Gasteiger partial charge in [-0.25, -0.2) is 0 Å². The zero-order chi connectivity index (χ0) is 23.1. The van der Waals surface area contributed by atoms with Crippen LogP contribution in [0.2, 0.25) is 10.0 Å². The van der Waals surface area contributed by atoms with E-state index in [1.165, 1.54) is 17.2 Å². The van der Waals surface area contributed by atoms with Gasteiger partial charge in [-0.1, -0.05) is 29.3 Å². The number of rotatable bonds is 4. The molecule has 1 aromatic heterocycles. The maximum atomic E-state index is 13.1. The summed E-state index contributed by atoms with van der Waals surface area (Å²) in [6.45, 7) is 0.801. The molecule has 33 heavy (non-hydrogen) atoms. The van der Waals surface area contributed by atoms with Crippen molar-refractivity contribution in [3.05, 3.63) is 87.3 Å². The molecule has 0 aliphatic carbocycles. The van der Waals surface area contributed by atoms with Gasteiger partial charge in [-0.05, 0) is 48.0 Å². The molecule has 5 rings (SSSR count). The number of likely N-dealkylation sites (tertiary alicyclic amines) is 1. The second-order valence-corrected chi connectivity index (χ2v) is 8.37. The van der Waals surface area contributed by atoms with E-state index >= 15 is 0 Å². The number of nitrogens with zero attached hydrogens (tertiary/aromatic N) is 1. The average Bonchev–Trinajstić information content (AvgIpc) is 3.41. The van der Waals surface area contributed by atoms with E-state index in [0.29, 0.717) is 46.6 Å². The van der Waals surface area contributed by atoms with Gasteiger partial charge in [0.2, 0.25) is 0 Å². The van der Waals surface area contributed by atoms with Gasteiger partial charge in [0.25, 0.3) is 11.7 Å². The van der Waals surface area contributed by atoms with E-state index in [1.807, 2.05) is 0 Å². The molecule has 1 amide bonds. The normalized spacial score (nSPS) is 19.2. The molecule has 0 saturated carbocycles. The second-order valence-electron chi connectivity index (χ2n) is 7.53. The number of benzene rings is 2. The zero-order valence-electron chi connectivity index (χ0n) is 17.1. The van der Waals surface area contributed by atoms with E-state index < -0.39 is 17.7 Å². The Hall–Kier alpha value is -3.42. The highest BCUT2D eigenvalue weighted by Gasteiger charge is 2.47. The minimum absolute atomic E-state index is 0.0130. The van der Waals surface area contributed by atoms with Crippen LogP contribution in [0.5, 0.6) is 11.5 Å². The molecule has 7 nitrogen and oxygen atoms in total. The fraction of sp³-hybridized carbons (Fsp3) is 0.167. The minimum atomic E-state index is -0.951. The lowest BCUT2D eigenvalue weighted by Crippen LogP contribution is -2.29. The number of aliphatic hydroxyl groups is 1. The van der Waals surface area contributed by atoms with Gasteiger partial charge in [0.1, 0.15) is 24.7 Å². The van der Waals surface area contributed by atoms with Crippen molar-refractivity contribution in [3.63, 3.8) is 0 Å². The van der Waals surface area contributed by atoms with Crippen molar-refractivity contribution in [2.24, 2.45) is 0 Å². The number of furan rings is 1. The average molecular weight is 486 g/mol. The van der Waals surface area contributed by atoms with Crippen molar-refractivity contribution >= 4 is 40.7 Å². The monoisotopic (exact) mass is 485 g/mol. The lowest BCUT2D eigenvalue weighted by molar-refractivity contribution is -0.140. The number of amides is 1. The summed E-state index contributed by atoms with van der Waals surface area (Å²) >= 11 is 12.5. The Morgan fingerprint density at radius 3 is 2.55 bits per heavy atom. The molecule has 0 radical (unpaired) electrons. The Kier molecular flexibility index (Phi) is 5.52. The van der Waals surface area contributed by atoms with Crippen LogP contribution in [0.25, 0.3) is 5.76 Å². The summed E-state index contributed by atoms with van der Waals surface area (Å²) in [5.41, 5.74) is 0.670. The molecule has 2 aromatic carbocycles. The Balaban J connectivity index is 1.66. The van der Waals surface area contributed by atoms with Crippen LogP contribution < -0.4 is 9.47 Å². The number of fused-ring (bicyclic) bond motifs is 1. The first-order valence-corrected chi connectivity index (χ1v) is 10.9. The molecule has 1 fully saturated rings. The molecule has 9 heteroatoms. The van der Waals surface area contributed by atoms with Gasteiger partial charge < -0.3 is 23.9 Å². The highest BCUT2D eigenvalue weighted by Crippen LogP contribution is 2.44. The van der Waals surface area contributed by atoms with E-state index in [4.69, 9.17) is 37.1 Å². The lowest BCUT2D eigenvalue weighted by Gasteiger charge is -2.25. The number of aliphatic hydroxyl groups excluding tert-OH is 1. The van der Waals surface area contributed by atoms with Crippen LogP contribution in [0.1, 0.15) is 22.9 Å². The molecule has 0 bridgehead atoms. The first kappa shape index (κ1) is 21.4. The summed E-state index contributed by atoms with van der Waals surface area (Å²) in [5, 5.41) is 11.9. The summed E-state index contributed by atoms with van der Waals surface area (Å²) in [6.07, 6.45) is 1.48. The molecule has 1 N–H and O–H groups in total. The number of halogens is 2. The predicted octanol–water partition coefficient (Wildman–Crippen LogP) is 4.98. The quantitative estimate of drug-likeness (QED) is 0.318. The van der Waals surface area contributed by atoms with Crippen LogP contribution in [0.3, 0.4) is 0 Å². The largest absolute Gasteiger partial charge is 0.507 e. The SMILES string of the molecule is O=C1C(=O)N(Cc2ccco2)C(c2ccc(Cl)cc2Cl)/C1=C(/O)c1ccc2c(c1)OCCO2. The maximum Gasteiger partial charge on any atom is 0.296 e. The van der Waals surface area contributed by atoms with Crippen LogP contribution in [0.15, 0.2) is 64.8 Å². The van der Waals surface area contributed by atoms with E-state index in [2.05, 4.69) is 0 Å². The number of hydrogen-bond acceptors (Lipinski definition) is 6. The molecular formula is C24H17Cl2NO6. The third-order valence-electron chi connectivity index (χ3n) is 5.52. The molecule has 2 aliphatic rings. The van der Waals surface area contributed by atoms with E-state index in [9.17, 15) is 14.7 Å². The zero-order valence-corrected chi connectivity index (χ0v) is 18.6. The molecule has 3 aromatic rings. The highest BCUT2D eigenvalue weighted by molar-refractivity contribution is 6.47. The number of hydrogen-bond donors (Lipinski definition) is 1. The Morgan fingerprint density at radius 1 is 1.03 bits per heavy atom. The van der Waals surface area contributed by atoms with E-state index in [1.54, 1.807) is 42.5 Å². The molecule has 0 spiro atoms. The predicted molar refractivity (Wildman–Crippen MR) is 120 cm³/mol. The van der Waals surface area contributed by atoms with Crippen molar-refractivity contribution < 1.29 is 28.6 Å². The minimum Gasteiger partial charge on any atom is -0.507 e. The van der Waals surface area contributed by atoms with Crippen molar-refractivity contribution in [3.8, 4) is 11.5 Å². The molecule has 2 aliphatic heterocycles. The smallest absolute Gasteiger partial charge is 0.296 e. The first-order valence-electron chi connectivity index (χ1n) is 10.1. The number of carbonyl (C=O) groups is 2. The van der Waals surface area contributed by atoms with Gasteiger partial charge in [-0.15, -0.1) is 0 Å². The Bertz CT molecular complexity index is 1280. The van der Waals surface area contributed by atoms with E-state index in [-0.39, 0.29) is 22.9 Å². The van der Waals surface area contributed by atoms with Crippen molar-refractivity contribution in [2.45, 2.75) is 12.6 Å². The second kappa shape index (κ2) is 8.50. The van der Waals surface area contributed by atoms with Crippen molar-refractivity contribution in [2.75, 3.05) is 13.2 Å². The van der Waals surface area contributed by atoms with Gasteiger partial charge in [-0.2, -0.15) is 0 Å². The standard InChI is InChI=1S/C24H17Cl2NO6/c25-14-4-5-16(17(26)11-14)21-20(23(29)24(30)27(21)12-15-2-1-7-31-15)22(28)13-3-6-18-19(10-13)33-9-8-32-18/h1-7,10-11,21,28H,8-9,12H2/b22-20-. The summed E-state index contributed by atoms with van der Waals surface area (Å²) in [6, 6.07) is 12.0. The maximum absolute atomic E-state index is 13.1. The lowest BCUT2D eigenvalue weighted by atomic mass is 9.95. The summed E-state index contributed by atoms with van der Waals surface area (Å²) < 4.78 is 16.5. The molecule has 1 atom stereocenters. The van der Waals surface area contributed by atoms with Gasteiger partial charge in [0.05, 0.1) is 24.4 Å². The number of carbonyl (C=O) groups excluding carboxylic acids is 2. The van der Waals surface area contributed by atoms with Crippen LogP contribution in [0, 0.1) is 0 Å². The van der Waals surface area contributed by atoms with Crippen LogP contribution in [0.4, 0.5) is 0 Å². The van der Waals surface area contributed by atoms with Gasteiger partial charge in [0.15, 0.2) is 11.5 Å². The van der Waals surface area contributed by atoms with Crippen LogP contribution >= 0.6 is 23.2 Å². The fourth-order valence-electron chi connectivity index (χ4n) is 4.01. The molecule has 1 unspecified atom stereocenters.